The lowest BCUT2D eigenvalue weighted by Crippen LogP contribution is -2.42. The predicted octanol–water partition coefficient (Wildman–Crippen LogP) is 1.70. The molecule has 3 N–H and O–H groups in total. The van der Waals surface area contributed by atoms with Crippen LogP contribution >= 0.6 is 0 Å². The number of benzene rings is 2. The summed E-state index contributed by atoms with van der Waals surface area (Å²) in [6, 6.07) is 8.69. The Labute approximate surface area is 182 Å². The second-order valence-electron chi connectivity index (χ2n) is 7.32. The van der Waals surface area contributed by atoms with Crippen molar-refractivity contribution in [1.82, 2.24) is 4.90 Å². The summed E-state index contributed by atoms with van der Waals surface area (Å²) in [7, 11) is 0. The van der Waals surface area contributed by atoms with Crippen LogP contribution in [0, 0.1) is 11.6 Å². The van der Waals surface area contributed by atoms with Crippen LogP contribution in [-0.2, 0) is 30.3 Å². The summed E-state index contributed by atoms with van der Waals surface area (Å²) in [5.41, 5.74) is 5.41. The van der Waals surface area contributed by atoms with E-state index in [1.54, 1.807) is 24.3 Å². The first-order valence-electron chi connectivity index (χ1n) is 9.78. The third-order valence-corrected chi connectivity index (χ3v) is 5.26. The van der Waals surface area contributed by atoms with E-state index in [0.717, 1.165) is 18.2 Å². The summed E-state index contributed by atoms with van der Waals surface area (Å²) in [6.45, 7) is 0.800. The maximum absolute atomic E-state index is 13.9. The molecule has 2 aliphatic heterocycles. The monoisotopic (exact) mass is 448 g/mol. The van der Waals surface area contributed by atoms with Crippen LogP contribution in [0.4, 0.5) is 8.78 Å². The fourth-order valence-electron chi connectivity index (χ4n) is 3.82. The molecule has 1 atom stereocenters. The van der Waals surface area contributed by atoms with Gasteiger partial charge >= 0.3 is 5.97 Å². The van der Waals surface area contributed by atoms with Crippen molar-refractivity contribution in [2.75, 3.05) is 19.8 Å². The van der Waals surface area contributed by atoms with Gasteiger partial charge in [0.1, 0.15) is 17.7 Å². The summed E-state index contributed by atoms with van der Waals surface area (Å²) in [6.07, 6.45) is 0.317. The molecule has 0 radical (unpaired) electrons. The third-order valence-electron chi connectivity index (χ3n) is 5.26. The molecule has 2 aromatic rings. The first kappa shape index (κ1) is 23.3. The first-order chi connectivity index (χ1) is 15.3. The molecule has 1 unspecified atom stereocenters. The number of ether oxygens (including phenoxy) is 2. The second kappa shape index (κ2) is 9.84. The summed E-state index contributed by atoms with van der Waals surface area (Å²) in [5, 5.41) is 9.48. The van der Waals surface area contributed by atoms with Crippen LogP contribution in [0.1, 0.15) is 12.0 Å². The van der Waals surface area contributed by atoms with Crippen molar-refractivity contribution >= 4 is 18.3 Å². The zero-order valence-electron chi connectivity index (χ0n) is 17.0. The Balaban J connectivity index is 0.000000913. The Morgan fingerprint density at radius 1 is 1.16 bits per heavy atom. The lowest BCUT2D eigenvalue weighted by Gasteiger charge is -2.23. The minimum absolute atomic E-state index is 0.0221. The van der Waals surface area contributed by atoms with Crippen molar-refractivity contribution in [3.05, 3.63) is 59.7 Å². The highest BCUT2D eigenvalue weighted by atomic mass is 19.1. The van der Waals surface area contributed by atoms with Crippen LogP contribution in [0.2, 0.25) is 0 Å². The van der Waals surface area contributed by atoms with Gasteiger partial charge in [0.05, 0.1) is 26.2 Å². The maximum Gasteiger partial charge on any atom is 0.326 e. The summed E-state index contributed by atoms with van der Waals surface area (Å²) < 4.78 is 38.4. The van der Waals surface area contributed by atoms with Gasteiger partial charge in [-0.2, -0.15) is 0 Å². The van der Waals surface area contributed by atoms with Gasteiger partial charge in [-0.3, -0.25) is 9.59 Å². The molecule has 2 saturated heterocycles. The molecule has 0 bridgehead atoms. The van der Waals surface area contributed by atoms with Gasteiger partial charge in [-0.15, -0.1) is 0 Å². The van der Waals surface area contributed by atoms with Crippen LogP contribution in [0.5, 0.6) is 0 Å². The molecule has 10 heteroatoms. The molecule has 2 aromatic carbocycles. The molecule has 170 valence electrons. The standard InChI is InChI=1S/C21H19F2NO5.CH3NO/c22-15-5-6-17(23)16(10-15)14-3-1-13(2-4-14)9-19(25)24-12-21(28-7-8-29-21)11-18(24)20(26)27;2-1-3/h1-6,10,18H,7-9,11-12H2,(H,26,27);1H,(H2,2,3). The number of nitrogens with two attached hydrogens (primary N) is 1. The zero-order chi connectivity index (χ0) is 23.3. The average Bonchev–Trinajstić information content (AvgIpc) is 3.38. The number of primary amides is 1. The Kier molecular flexibility index (Phi) is 7.16. The summed E-state index contributed by atoms with van der Waals surface area (Å²) >= 11 is 0. The van der Waals surface area contributed by atoms with Gasteiger partial charge in [-0.25, -0.2) is 13.6 Å². The number of carbonyl (C=O) groups is 3. The minimum atomic E-state index is -1.11. The largest absolute Gasteiger partial charge is 0.480 e. The molecule has 8 nitrogen and oxygen atoms in total. The average molecular weight is 448 g/mol. The number of rotatable bonds is 4. The highest BCUT2D eigenvalue weighted by molar-refractivity contribution is 5.86. The molecular formula is C22H22F2N2O6. The quantitative estimate of drug-likeness (QED) is 0.688. The normalized spacial score (nSPS) is 18.8. The van der Waals surface area contributed by atoms with Crippen molar-refractivity contribution in [2.45, 2.75) is 24.7 Å². The number of hydrogen-bond acceptors (Lipinski definition) is 5. The van der Waals surface area contributed by atoms with Gasteiger partial charge in [0.2, 0.25) is 12.3 Å². The van der Waals surface area contributed by atoms with Crippen LogP contribution < -0.4 is 5.73 Å². The molecule has 32 heavy (non-hydrogen) atoms. The van der Waals surface area contributed by atoms with Crippen molar-refractivity contribution in [3.8, 4) is 11.1 Å². The molecule has 4 rings (SSSR count). The van der Waals surface area contributed by atoms with Crippen molar-refractivity contribution in [2.24, 2.45) is 5.73 Å². The number of carboxylic acids is 1. The van der Waals surface area contributed by atoms with Gasteiger partial charge in [-0.05, 0) is 29.3 Å². The molecule has 1 spiro atoms. The lowest BCUT2D eigenvalue weighted by atomic mass is 10.0. The molecule has 0 aliphatic carbocycles. The summed E-state index contributed by atoms with van der Waals surface area (Å²) in [4.78, 5) is 34.2. The number of likely N-dealkylation sites (tertiary alicyclic amines) is 1. The molecule has 2 amide bonds. The highest BCUT2D eigenvalue weighted by Crippen LogP contribution is 2.35. The van der Waals surface area contributed by atoms with Crippen molar-refractivity contribution in [3.63, 3.8) is 0 Å². The number of amides is 2. The number of hydrogen-bond donors (Lipinski definition) is 2. The summed E-state index contributed by atoms with van der Waals surface area (Å²) in [5.74, 6) is -3.60. The van der Waals surface area contributed by atoms with Crippen molar-refractivity contribution in [1.29, 1.82) is 0 Å². The van der Waals surface area contributed by atoms with Crippen molar-refractivity contribution < 1.29 is 37.7 Å². The predicted molar refractivity (Wildman–Crippen MR) is 108 cm³/mol. The van der Waals surface area contributed by atoms with E-state index in [2.05, 4.69) is 5.73 Å². The first-order valence-corrected chi connectivity index (χ1v) is 9.78. The van der Waals surface area contributed by atoms with E-state index in [0.29, 0.717) is 24.3 Å². The number of carboxylic acid groups (broad SMARTS) is 1. The lowest BCUT2D eigenvalue weighted by molar-refractivity contribution is -0.152. The maximum atomic E-state index is 13.9. The van der Waals surface area contributed by atoms with Gasteiger partial charge in [0.15, 0.2) is 5.79 Å². The van der Waals surface area contributed by atoms with Gasteiger partial charge in [0.25, 0.3) is 0 Å². The van der Waals surface area contributed by atoms with Crippen LogP contribution in [0.25, 0.3) is 11.1 Å². The van der Waals surface area contributed by atoms with E-state index >= 15 is 0 Å². The second-order valence-corrected chi connectivity index (χ2v) is 7.32. The van der Waals surface area contributed by atoms with Crippen LogP contribution in [0.15, 0.2) is 42.5 Å². The number of nitrogens with zero attached hydrogens (tertiary/aromatic N) is 1. The van der Waals surface area contributed by atoms with E-state index < -0.39 is 29.4 Å². The molecule has 0 saturated carbocycles. The Morgan fingerprint density at radius 3 is 2.38 bits per heavy atom. The highest BCUT2D eigenvalue weighted by Gasteiger charge is 2.52. The van der Waals surface area contributed by atoms with Gasteiger partial charge < -0.3 is 25.2 Å². The molecule has 2 aliphatic rings. The number of carbonyl (C=O) groups excluding carboxylic acids is 2. The van der Waals surface area contributed by atoms with Crippen LogP contribution in [0.3, 0.4) is 0 Å². The molecule has 0 aromatic heterocycles. The fraction of sp³-hybridized carbons (Fsp3) is 0.318. The van der Waals surface area contributed by atoms with Gasteiger partial charge in [0, 0.05) is 12.0 Å². The fourth-order valence-corrected chi connectivity index (χ4v) is 3.82. The molecule has 2 fully saturated rings. The Hall–Kier alpha value is -3.37. The van der Waals surface area contributed by atoms with Crippen LogP contribution in [-0.4, -0.2) is 59.9 Å². The number of halogens is 2. The van der Waals surface area contributed by atoms with Gasteiger partial charge in [-0.1, -0.05) is 24.3 Å². The Bertz CT molecular complexity index is 992. The van der Waals surface area contributed by atoms with E-state index in [9.17, 15) is 23.5 Å². The Morgan fingerprint density at radius 2 is 1.78 bits per heavy atom. The molecule has 2 heterocycles. The van der Waals surface area contributed by atoms with E-state index in [1.807, 2.05) is 0 Å². The topological polar surface area (TPSA) is 119 Å². The zero-order valence-corrected chi connectivity index (χ0v) is 17.0. The smallest absolute Gasteiger partial charge is 0.326 e. The number of aliphatic carboxylic acids is 1. The minimum Gasteiger partial charge on any atom is -0.480 e. The third kappa shape index (κ3) is 5.09. The molecular weight excluding hydrogens is 426 g/mol. The SMILES string of the molecule is NC=O.O=C(O)C1CC2(CN1C(=O)Cc1ccc(-c3cc(F)ccc3F)cc1)OCCO2. The van der Waals surface area contributed by atoms with E-state index in [4.69, 9.17) is 14.3 Å². The van der Waals surface area contributed by atoms with E-state index in [1.165, 1.54) is 4.90 Å². The van der Waals surface area contributed by atoms with E-state index in [-0.39, 0.29) is 37.3 Å².